The van der Waals surface area contributed by atoms with Crippen molar-refractivity contribution in [2.45, 2.75) is 99.1 Å². The van der Waals surface area contributed by atoms with Crippen LogP contribution >= 0.6 is 0 Å². The fourth-order valence-corrected chi connectivity index (χ4v) is 5.31. The molecule has 0 aromatic rings. The molecule has 7 nitrogen and oxygen atoms in total. The van der Waals surface area contributed by atoms with Crippen LogP contribution in [0, 0.1) is 17.3 Å². The normalized spacial score (nSPS) is 34.1. The minimum Gasteiger partial charge on any atom is -0.458 e. The number of carbonyl (C=O) groups excluding carboxylic acids is 3. The summed E-state index contributed by atoms with van der Waals surface area (Å²) in [5, 5.41) is 12.1. The largest absolute Gasteiger partial charge is 0.458 e. The Hall–Kier alpha value is -2.41. The van der Waals surface area contributed by atoms with Gasteiger partial charge in [-0.05, 0) is 46.6 Å². The molecule has 0 unspecified atom stereocenters. The van der Waals surface area contributed by atoms with E-state index in [0.717, 1.165) is 5.57 Å². The van der Waals surface area contributed by atoms with Gasteiger partial charge >= 0.3 is 17.9 Å². The number of ether oxygens (including phenoxy) is 3. The Balaban J connectivity index is 2.72. The highest BCUT2D eigenvalue weighted by Gasteiger charge is 2.69. The smallest absolute Gasteiger partial charge is 0.333 e. The summed E-state index contributed by atoms with van der Waals surface area (Å²) in [7, 11) is 0. The van der Waals surface area contributed by atoms with Gasteiger partial charge in [-0.15, -0.1) is 0 Å². The molecule has 2 aliphatic carbocycles. The Labute approximate surface area is 203 Å². The van der Waals surface area contributed by atoms with Gasteiger partial charge in [0.15, 0.2) is 0 Å². The number of rotatable bonds is 6. The highest BCUT2D eigenvalue weighted by molar-refractivity contribution is 5.88. The second-order valence-electron chi connectivity index (χ2n) is 10.2. The molecule has 0 radical (unpaired) electrons. The van der Waals surface area contributed by atoms with Gasteiger partial charge in [0.2, 0.25) is 0 Å². The molecule has 1 saturated carbocycles. The second-order valence-corrected chi connectivity index (χ2v) is 10.2. The predicted octanol–water partition coefficient (Wildman–Crippen LogP) is 4.44. The van der Waals surface area contributed by atoms with Crippen molar-refractivity contribution in [1.29, 1.82) is 0 Å². The lowest BCUT2D eigenvalue weighted by atomic mass is 9.66. The summed E-state index contributed by atoms with van der Waals surface area (Å²) < 4.78 is 17.7. The van der Waals surface area contributed by atoms with E-state index in [4.69, 9.17) is 14.2 Å². The molecule has 0 saturated heterocycles. The lowest BCUT2D eigenvalue weighted by Gasteiger charge is -2.45. The molecule has 0 aromatic carbocycles. The maximum Gasteiger partial charge on any atom is 0.333 e. The van der Waals surface area contributed by atoms with Crippen LogP contribution in [0.1, 0.15) is 75.2 Å². The summed E-state index contributed by atoms with van der Waals surface area (Å²) in [5.41, 5.74) is -0.618. The topological polar surface area (TPSA) is 99.1 Å². The zero-order valence-corrected chi connectivity index (χ0v) is 21.9. The SMILES string of the molecule is C/C=C(/C)C(=O)O[C@@H]1C[C@](O)(C(C)C)[C@@H]2[C@@H](OC(=O)/C(C)=C/C)CC(C)=C[C@@H](OC(C)=O)[C@]21C. The standard InChI is InChI=1S/C27H40O7/c1-10-17(6)24(29)33-20-12-16(5)13-21(32-19(8)28)26(9)22(34-25(30)18(7)11-2)14-27(31,15(3)4)23(20)26/h10-11,13,15,20-23,31H,12,14H2,1-9H3/b17-10+,18-11-/t20-,21+,22+,23+,26-,27-/m0/s1. The molecule has 0 spiro atoms. The van der Waals surface area contributed by atoms with Crippen molar-refractivity contribution in [2.75, 3.05) is 0 Å². The lowest BCUT2D eigenvalue weighted by molar-refractivity contribution is -0.182. The Morgan fingerprint density at radius 1 is 1.03 bits per heavy atom. The zero-order valence-electron chi connectivity index (χ0n) is 21.9. The summed E-state index contributed by atoms with van der Waals surface area (Å²) in [6, 6.07) is 0. The van der Waals surface area contributed by atoms with Gasteiger partial charge in [-0.3, -0.25) is 4.79 Å². The van der Waals surface area contributed by atoms with Crippen molar-refractivity contribution in [3.63, 3.8) is 0 Å². The number of carbonyl (C=O) groups is 3. The molecule has 7 heteroatoms. The lowest BCUT2D eigenvalue weighted by Crippen LogP contribution is -2.55. The third kappa shape index (κ3) is 5.14. The Kier molecular flexibility index (Phi) is 8.57. The number of hydrogen-bond acceptors (Lipinski definition) is 7. The fourth-order valence-electron chi connectivity index (χ4n) is 5.31. The van der Waals surface area contributed by atoms with Gasteiger partial charge in [-0.2, -0.15) is 0 Å². The molecule has 0 bridgehead atoms. The van der Waals surface area contributed by atoms with Crippen LogP contribution in [0.15, 0.2) is 34.9 Å². The van der Waals surface area contributed by atoms with Gasteiger partial charge in [0.25, 0.3) is 0 Å². The first-order valence-electron chi connectivity index (χ1n) is 12.0. The summed E-state index contributed by atoms with van der Waals surface area (Å²) in [4.78, 5) is 37.7. The minimum atomic E-state index is -1.34. The van der Waals surface area contributed by atoms with Gasteiger partial charge in [-0.1, -0.05) is 38.5 Å². The fraction of sp³-hybridized carbons (Fsp3) is 0.667. The van der Waals surface area contributed by atoms with Crippen LogP contribution in [0.25, 0.3) is 0 Å². The first-order valence-corrected chi connectivity index (χ1v) is 12.0. The third-order valence-electron chi connectivity index (χ3n) is 7.67. The molecule has 34 heavy (non-hydrogen) atoms. The summed E-state index contributed by atoms with van der Waals surface area (Å²) >= 11 is 0. The number of hydrogen-bond donors (Lipinski definition) is 1. The van der Waals surface area contributed by atoms with Gasteiger partial charge in [0, 0.05) is 36.8 Å². The number of fused-ring (bicyclic) bond motifs is 1. The van der Waals surface area contributed by atoms with Crippen LogP contribution < -0.4 is 0 Å². The summed E-state index contributed by atoms with van der Waals surface area (Å²) in [6.45, 7) is 15.7. The molecule has 0 heterocycles. The van der Waals surface area contributed by atoms with Gasteiger partial charge < -0.3 is 19.3 Å². The zero-order chi connectivity index (χ0) is 26.0. The van der Waals surface area contributed by atoms with E-state index >= 15 is 0 Å². The van der Waals surface area contributed by atoms with Crippen LogP contribution in [-0.2, 0) is 28.6 Å². The Morgan fingerprint density at radius 2 is 1.56 bits per heavy atom. The van der Waals surface area contributed by atoms with E-state index in [9.17, 15) is 19.5 Å². The first-order chi connectivity index (χ1) is 15.7. The van der Waals surface area contributed by atoms with Gasteiger partial charge in [0.05, 0.1) is 11.0 Å². The van der Waals surface area contributed by atoms with Crippen LogP contribution in [0.2, 0.25) is 0 Å². The highest BCUT2D eigenvalue weighted by atomic mass is 16.6. The molecule has 6 atom stereocenters. The van der Waals surface area contributed by atoms with Crippen molar-refractivity contribution in [3.8, 4) is 0 Å². The van der Waals surface area contributed by atoms with E-state index in [1.807, 2.05) is 33.8 Å². The monoisotopic (exact) mass is 476 g/mol. The molecular formula is C27H40O7. The highest BCUT2D eigenvalue weighted by Crippen LogP contribution is 2.60. The average Bonchev–Trinajstić information content (AvgIpc) is 2.92. The molecule has 190 valence electrons. The van der Waals surface area contributed by atoms with Crippen molar-refractivity contribution in [3.05, 3.63) is 34.9 Å². The molecule has 1 N–H and O–H groups in total. The number of esters is 3. The van der Waals surface area contributed by atoms with Crippen LogP contribution in [0.3, 0.4) is 0 Å². The maximum atomic E-state index is 12.8. The van der Waals surface area contributed by atoms with Crippen LogP contribution in [0.5, 0.6) is 0 Å². The minimum absolute atomic E-state index is 0.135. The van der Waals surface area contributed by atoms with Crippen molar-refractivity contribution in [1.82, 2.24) is 0 Å². The van der Waals surface area contributed by atoms with Crippen LogP contribution in [0.4, 0.5) is 0 Å². The quantitative estimate of drug-likeness (QED) is 0.262. The van der Waals surface area contributed by atoms with Gasteiger partial charge in [-0.25, -0.2) is 9.59 Å². The predicted molar refractivity (Wildman–Crippen MR) is 129 cm³/mol. The molecule has 2 aliphatic rings. The Morgan fingerprint density at radius 3 is 2.03 bits per heavy atom. The van der Waals surface area contributed by atoms with Crippen LogP contribution in [-0.4, -0.2) is 46.9 Å². The molecule has 0 aliphatic heterocycles. The third-order valence-corrected chi connectivity index (χ3v) is 7.67. The molecule has 0 aromatic heterocycles. The van der Waals surface area contributed by atoms with E-state index in [1.165, 1.54) is 6.92 Å². The van der Waals surface area contributed by atoms with E-state index in [-0.39, 0.29) is 12.3 Å². The van der Waals surface area contributed by atoms with E-state index in [2.05, 4.69) is 0 Å². The molecule has 1 fully saturated rings. The molecule has 0 amide bonds. The summed E-state index contributed by atoms with van der Waals surface area (Å²) in [5.74, 6) is -2.35. The molecular weight excluding hydrogens is 436 g/mol. The second kappa shape index (κ2) is 10.5. The molecule has 2 rings (SSSR count). The van der Waals surface area contributed by atoms with E-state index < -0.39 is 53.2 Å². The van der Waals surface area contributed by atoms with Gasteiger partial charge in [0.1, 0.15) is 18.3 Å². The van der Waals surface area contributed by atoms with Crippen molar-refractivity contribution in [2.24, 2.45) is 17.3 Å². The average molecular weight is 477 g/mol. The number of aliphatic hydroxyl groups is 1. The van der Waals surface area contributed by atoms with Crippen molar-refractivity contribution >= 4 is 17.9 Å². The maximum absolute atomic E-state index is 12.8. The summed E-state index contributed by atoms with van der Waals surface area (Å²) in [6.07, 6.45) is 3.41. The first kappa shape index (κ1) is 27.8. The van der Waals surface area contributed by atoms with Crippen molar-refractivity contribution < 1.29 is 33.7 Å². The van der Waals surface area contributed by atoms with E-state index in [1.54, 1.807) is 39.8 Å². The van der Waals surface area contributed by atoms with E-state index in [0.29, 0.717) is 17.6 Å². The Bertz CT molecular complexity index is 912. The number of allylic oxidation sites excluding steroid dienone is 2.